The molecule has 0 aliphatic carbocycles. The zero-order valence-electron chi connectivity index (χ0n) is 14.9. The molecule has 132 valence electrons. The molecule has 4 nitrogen and oxygen atoms in total. The van der Waals surface area contributed by atoms with Gasteiger partial charge >= 0.3 is 0 Å². The highest BCUT2D eigenvalue weighted by Crippen LogP contribution is 2.37. The lowest BCUT2D eigenvalue weighted by Gasteiger charge is -2.28. The maximum absolute atomic E-state index is 5.68. The summed E-state index contributed by atoms with van der Waals surface area (Å²) in [5.74, 6) is 1.50. The van der Waals surface area contributed by atoms with Crippen LogP contribution in [0.3, 0.4) is 0 Å². The van der Waals surface area contributed by atoms with Gasteiger partial charge in [-0.3, -0.25) is 0 Å². The zero-order chi connectivity index (χ0) is 17.8. The molecule has 0 spiro atoms. The summed E-state index contributed by atoms with van der Waals surface area (Å²) in [6.45, 7) is 3.03. The van der Waals surface area contributed by atoms with E-state index >= 15 is 0 Å². The SMILES string of the molecule is COc1ccc([C@H]2CCCN2C(=S)Nc2cccc(C)c2)cc1OC. The first-order valence-corrected chi connectivity index (χ1v) is 8.89. The van der Waals surface area contributed by atoms with Gasteiger partial charge in [-0.15, -0.1) is 0 Å². The van der Waals surface area contributed by atoms with Gasteiger partial charge in [0.15, 0.2) is 16.6 Å². The summed E-state index contributed by atoms with van der Waals surface area (Å²) >= 11 is 5.68. The molecule has 5 heteroatoms. The van der Waals surface area contributed by atoms with Crippen LogP contribution in [0.2, 0.25) is 0 Å². The molecule has 0 amide bonds. The van der Waals surface area contributed by atoms with E-state index in [1.54, 1.807) is 14.2 Å². The fraction of sp³-hybridized carbons (Fsp3) is 0.350. The second kappa shape index (κ2) is 7.74. The number of hydrogen-bond donors (Lipinski definition) is 1. The van der Waals surface area contributed by atoms with Gasteiger partial charge in [-0.05, 0) is 67.4 Å². The summed E-state index contributed by atoms with van der Waals surface area (Å²) in [4.78, 5) is 2.26. The first-order valence-electron chi connectivity index (χ1n) is 8.48. The summed E-state index contributed by atoms with van der Waals surface area (Å²) in [6, 6.07) is 14.6. The molecule has 0 unspecified atom stereocenters. The van der Waals surface area contributed by atoms with Gasteiger partial charge in [0.25, 0.3) is 0 Å². The first-order chi connectivity index (χ1) is 12.1. The Kier molecular flexibility index (Phi) is 5.43. The maximum atomic E-state index is 5.68. The Balaban J connectivity index is 1.79. The minimum atomic E-state index is 0.254. The monoisotopic (exact) mass is 356 g/mol. The van der Waals surface area contributed by atoms with Crippen molar-refractivity contribution in [2.45, 2.75) is 25.8 Å². The van der Waals surface area contributed by atoms with Gasteiger partial charge in [0.05, 0.1) is 20.3 Å². The maximum Gasteiger partial charge on any atom is 0.173 e. The molecular formula is C20H24N2O2S. The van der Waals surface area contributed by atoms with Gasteiger partial charge in [-0.1, -0.05) is 18.2 Å². The number of likely N-dealkylation sites (tertiary alicyclic amines) is 1. The molecule has 1 aliphatic heterocycles. The van der Waals surface area contributed by atoms with E-state index in [1.807, 2.05) is 18.2 Å². The third kappa shape index (κ3) is 3.87. The highest BCUT2D eigenvalue weighted by Gasteiger charge is 2.28. The van der Waals surface area contributed by atoms with Gasteiger partial charge in [-0.25, -0.2) is 0 Å². The Morgan fingerprint density at radius 3 is 2.64 bits per heavy atom. The number of nitrogens with one attached hydrogen (secondary N) is 1. The van der Waals surface area contributed by atoms with Crippen molar-refractivity contribution in [3.8, 4) is 11.5 Å². The van der Waals surface area contributed by atoms with Crippen molar-refractivity contribution in [3.05, 3.63) is 53.6 Å². The average molecular weight is 356 g/mol. The van der Waals surface area contributed by atoms with Crippen LogP contribution in [0.15, 0.2) is 42.5 Å². The van der Waals surface area contributed by atoms with Gasteiger partial charge in [0.2, 0.25) is 0 Å². The molecule has 3 rings (SSSR count). The number of rotatable bonds is 4. The van der Waals surface area contributed by atoms with Crippen LogP contribution in [-0.2, 0) is 0 Å². The van der Waals surface area contributed by atoms with Gasteiger partial charge in [0.1, 0.15) is 0 Å². The lowest BCUT2D eigenvalue weighted by atomic mass is 10.0. The fourth-order valence-corrected chi connectivity index (χ4v) is 3.67. The molecule has 1 heterocycles. The lowest BCUT2D eigenvalue weighted by molar-refractivity contribution is 0.351. The molecule has 2 aromatic rings. The minimum absolute atomic E-state index is 0.254. The molecule has 25 heavy (non-hydrogen) atoms. The molecule has 1 atom stereocenters. The van der Waals surface area contributed by atoms with Crippen LogP contribution in [0, 0.1) is 6.92 Å². The normalized spacial score (nSPS) is 16.6. The second-order valence-electron chi connectivity index (χ2n) is 6.27. The molecule has 0 bridgehead atoms. The lowest BCUT2D eigenvalue weighted by Crippen LogP contribution is -2.34. The quantitative estimate of drug-likeness (QED) is 0.813. The van der Waals surface area contributed by atoms with Crippen molar-refractivity contribution >= 4 is 23.0 Å². The number of thiocarbonyl (C=S) groups is 1. The van der Waals surface area contributed by atoms with Crippen LogP contribution in [0.1, 0.15) is 30.0 Å². The van der Waals surface area contributed by atoms with Crippen LogP contribution in [0.5, 0.6) is 11.5 Å². The van der Waals surface area contributed by atoms with Crippen LogP contribution >= 0.6 is 12.2 Å². The van der Waals surface area contributed by atoms with Crippen molar-refractivity contribution in [3.63, 3.8) is 0 Å². The summed E-state index contributed by atoms with van der Waals surface area (Å²) in [7, 11) is 3.32. The average Bonchev–Trinajstić information content (AvgIpc) is 3.11. The van der Waals surface area contributed by atoms with E-state index in [9.17, 15) is 0 Å². The molecule has 1 fully saturated rings. The van der Waals surface area contributed by atoms with Crippen molar-refractivity contribution in [2.75, 3.05) is 26.1 Å². The number of benzene rings is 2. The number of nitrogens with zero attached hydrogens (tertiary/aromatic N) is 1. The zero-order valence-corrected chi connectivity index (χ0v) is 15.7. The Morgan fingerprint density at radius 1 is 1.12 bits per heavy atom. The fourth-order valence-electron chi connectivity index (χ4n) is 3.33. The highest BCUT2D eigenvalue weighted by atomic mass is 32.1. The van der Waals surface area contributed by atoms with Crippen molar-refractivity contribution in [1.82, 2.24) is 4.90 Å². The molecule has 0 aromatic heterocycles. The van der Waals surface area contributed by atoms with E-state index in [0.717, 1.165) is 41.7 Å². The third-order valence-electron chi connectivity index (χ3n) is 4.58. The third-order valence-corrected chi connectivity index (χ3v) is 4.91. The van der Waals surface area contributed by atoms with Crippen LogP contribution in [-0.4, -0.2) is 30.8 Å². The number of methoxy groups -OCH3 is 2. The standard InChI is InChI=1S/C20H24N2O2S/c1-14-6-4-7-16(12-14)21-20(25)22-11-5-8-17(22)15-9-10-18(23-2)19(13-15)24-3/h4,6-7,9-10,12-13,17H,5,8,11H2,1-3H3,(H,21,25)/t17-/m1/s1. The van der Waals surface area contributed by atoms with Crippen LogP contribution in [0.4, 0.5) is 5.69 Å². The number of hydrogen-bond acceptors (Lipinski definition) is 3. The first kappa shape index (κ1) is 17.5. The Hall–Kier alpha value is -2.27. The molecule has 0 saturated carbocycles. The molecule has 1 N–H and O–H groups in total. The molecule has 2 aromatic carbocycles. The van der Waals surface area contributed by atoms with Gasteiger partial charge < -0.3 is 19.7 Å². The highest BCUT2D eigenvalue weighted by molar-refractivity contribution is 7.80. The van der Waals surface area contributed by atoms with Crippen molar-refractivity contribution in [1.29, 1.82) is 0 Å². The van der Waals surface area contributed by atoms with Gasteiger partial charge in [0, 0.05) is 12.2 Å². The summed E-state index contributed by atoms with van der Waals surface area (Å²) in [5.41, 5.74) is 3.44. The van der Waals surface area contributed by atoms with Crippen LogP contribution < -0.4 is 14.8 Å². The predicted molar refractivity (Wildman–Crippen MR) is 106 cm³/mol. The number of anilines is 1. The largest absolute Gasteiger partial charge is 0.493 e. The molecule has 1 saturated heterocycles. The van der Waals surface area contributed by atoms with Crippen LogP contribution in [0.25, 0.3) is 0 Å². The summed E-state index contributed by atoms with van der Waals surface area (Å²) < 4.78 is 10.8. The van der Waals surface area contributed by atoms with E-state index in [2.05, 4.69) is 41.4 Å². The van der Waals surface area contributed by atoms with E-state index < -0.39 is 0 Å². The summed E-state index contributed by atoms with van der Waals surface area (Å²) in [5, 5.41) is 4.14. The topological polar surface area (TPSA) is 33.7 Å². The smallest absolute Gasteiger partial charge is 0.173 e. The summed E-state index contributed by atoms with van der Waals surface area (Å²) in [6.07, 6.45) is 2.19. The van der Waals surface area contributed by atoms with Gasteiger partial charge in [-0.2, -0.15) is 0 Å². The molecular weight excluding hydrogens is 332 g/mol. The van der Waals surface area contributed by atoms with E-state index in [-0.39, 0.29) is 6.04 Å². The predicted octanol–water partition coefficient (Wildman–Crippen LogP) is 4.55. The molecule has 1 aliphatic rings. The van der Waals surface area contributed by atoms with E-state index in [0.29, 0.717) is 0 Å². The Bertz CT molecular complexity index is 763. The minimum Gasteiger partial charge on any atom is -0.493 e. The Morgan fingerprint density at radius 2 is 1.92 bits per heavy atom. The Labute approximate surface area is 154 Å². The second-order valence-corrected chi connectivity index (χ2v) is 6.65. The molecule has 0 radical (unpaired) electrons. The van der Waals surface area contributed by atoms with E-state index in [4.69, 9.17) is 21.7 Å². The number of aryl methyl sites for hydroxylation is 1. The van der Waals surface area contributed by atoms with E-state index in [1.165, 1.54) is 11.1 Å². The van der Waals surface area contributed by atoms with Crippen molar-refractivity contribution < 1.29 is 9.47 Å². The number of ether oxygens (including phenoxy) is 2. The van der Waals surface area contributed by atoms with Crippen molar-refractivity contribution in [2.24, 2.45) is 0 Å².